The molecule has 0 radical (unpaired) electrons. The van der Waals surface area contributed by atoms with Gasteiger partial charge < -0.3 is 10.6 Å². The van der Waals surface area contributed by atoms with Crippen LogP contribution in [0.5, 0.6) is 0 Å². The number of carbonyl (C=O) groups is 2. The van der Waals surface area contributed by atoms with E-state index in [9.17, 15) is 9.59 Å². The van der Waals surface area contributed by atoms with Gasteiger partial charge in [0, 0.05) is 39.5 Å². The van der Waals surface area contributed by atoms with Crippen LogP contribution in [0.3, 0.4) is 0 Å². The molecule has 34 heavy (non-hydrogen) atoms. The van der Waals surface area contributed by atoms with Gasteiger partial charge in [0.1, 0.15) is 6.54 Å². The molecule has 0 spiro atoms. The predicted octanol–water partition coefficient (Wildman–Crippen LogP) is 6.00. The van der Waals surface area contributed by atoms with E-state index in [1.165, 1.54) is 0 Å². The van der Waals surface area contributed by atoms with Crippen LogP contribution in [-0.4, -0.2) is 11.8 Å². The lowest BCUT2D eigenvalue weighted by atomic mass is 9.98. The minimum Gasteiger partial charge on any atom is -0.322 e. The summed E-state index contributed by atoms with van der Waals surface area (Å²) in [6, 6.07) is 22.1. The van der Waals surface area contributed by atoms with Crippen LogP contribution >= 0.6 is 0 Å². The molecule has 0 fully saturated rings. The first kappa shape index (κ1) is 22.9. The highest BCUT2D eigenvalue weighted by Gasteiger charge is 2.23. The Kier molecular flexibility index (Phi) is 6.28. The van der Waals surface area contributed by atoms with E-state index in [0.29, 0.717) is 22.5 Å². The van der Waals surface area contributed by atoms with Crippen LogP contribution in [0.15, 0.2) is 91.0 Å². The van der Waals surface area contributed by atoms with Crippen LogP contribution in [0.1, 0.15) is 20.8 Å². The van der Waals surface area contributed by atoms with Crippen molar-refractivity contribution in [3.8, 4) is 11.3 Å². The fourth-order valence-electron chi connectivity index (χ4n) is 4.09. The Morgan fingerprint density at radius 1 is 0.765 bits per heavy atom. The van der Waals surface area contributed by atoms with Crippen molar-refractivity contribution in [1.29, 1.82) is 0 Å². The number of nitrogens with zero attached hydrogens (tertiary/aromatic N) is 1. The van der Waals surface area contributed by atoms with E-state index < -0.39 is 0 Å². The number of nitrogens with one attached hydrogen (secondary N) is 2. The third kappa shape index (κ3) is 4.33. The van der Waals surface area contributed by atoms with Crippen LogP contribution in [0, 0.1) is 0 Å². The Bertz CT molecular complexity index is 1470. The quantitative estimate of drug-likeness (QED) is 0.215. The van der Waals surface area contributed by atoms with E-state index in [2.05, 4.69) is 47.4 Å². The first-order valence-corrected chi connectivity index (χ1v) is 11.2. The van der Waals surface area contributed by atoms with E-state index >= 15 is 0 Å². The monoisotopic (exact) mass is 450 g/mol. The largest absolute Gasteiger partial charge is 0.322 e. The van der Waals surface area contributed by atoms with Crippen LogP contribution in [0.25, 0.3) is 32.9 Å². The summed E-state index contributed by atoms with van der Waals surface area (Å²) in [4.78, 5) is 24.5. The van der Waals surface area contributed by atoms with Gasteiger partial charge in [0.25, 0.3) is 11.8 Å². The third-order valence-electron chi connectivity index (χ3n) is 5.78. The molecule has 5 nitrogen and oxygen atoms in total. The number of aryl methyl sites for hydroxylation is 1. The lowest BCUT2D eigenvalue weighted by Crippen LogP contribution is -2.36. The lowest BCUT2D eigenvalue weighted by molar-refractivity contribution is -0.655. The molecular formula is C29H28N3O2+. The van der Waals surface area contributed by atoms with Crippen molar-refractivity contribution in [2.75, 3.05) is 10.6 Å². The van der Waals surface area contributed by atoms with Crippen molar-refractivity contribution in [3.05, 3.63) is 91.0 Å². The second-order valence-electron chi connectivity index (χ2n) is 8.42. The van der Waals surface area contributed by atoms with Crippen molar-refractivity contribution in [2.24, 2.45) is 0 Å². The molecule has 0 saturated carbocycles. The van der Waals surface area contributed by atoms with Crippen molar-refractivity contribution in [2.45, 2.75) is 27.3 Å². The molecule has 0 atom stereocenters. The lowest BCUT2D eigenvalue weighted by Gasteiger charge is -2.14. The summed E-state index contributed by atoms with van der Waals surface area (Å²) in [5.41, 5.74) is 5.45. The number of carbonyl (C=O) groups excluding carboxylic acids is 2. The van der Waals surface area contributed by atoms with Crippen molar-refractivity contribution in [3.63, 3.8) is 0 Å². The van der Waals surface area contributed by atoms with Gasteiger partial charge in [-0.15, -0.1) is 0 Å². The second kappa shape index (κ2) is 9.32. The molecule has 0 aliphatic heterocycles. The highest BCUT2D eigenvalue weighted by atomic mass is 16.2. The van der Waals surface area contributed by atoms with Gasteiger partial charge in [-0.05, 0) is 57.2 Å². The van der Waals surface area contributed by atoms with Gasteiger partial charge in [0.15, 0.2) is 0 Å². The second-order valence-corrected chi connectivity index (χ2v) is 8.42. The SMILES string of the molecule is C=C(C)C(=O)Nc1ccc2c(c1)c(-c1ccccc1)[n+](CC)c1cc(NC(=O)C(=C)C)ccc21. The van der Waals surface area contributed by atoms with Gasteiger partial charge in [-0.1, -0.05) is 37.4 Å². The summed E-state index contributed by atoms with van der Waals surface area (Å²) >= 11 is 0. The molecule has 3 aromatic carbocycles. The van der Waals surface area contributed by atoms with E-state index in [1.807, 2.05) is 54.6 Å². The molecule has 2 N–H and O–H groups in total. The van der Waals surface area contributed by atoms with Crippen LogP contribution in [0.2, 0.25) is 0 Å². The molecule has 2 amide bonds. The summed E-state index contributed by atoms with van der Waals surface area (Å²) in [6.45, 7) is 13.7. The van der Waals surface area contributed by atoms with Crippen molar-refractivity contribution in [1.82, 2.24) is 0 Å². The normalized spacial score (nSPS) is 10.8. The number of pyridine rings is 1. The summed E-state index contributed by atoms with van der Waals surface area (Å²) in [5.74, 6) is -0.410. The number of benzene rings is 3. The highest BCUT2D eigenvalue weighted by molar-refractivity contribution is 6.12. The summed E-state index contributed by atoms with van der Waals surface area (Å²) in [7, 11) is 0. The van der Waals surface area contributed by atoms with Gasteiger partial charge in [0.05, 0.1) is 10.8 Å². The van der Waals surface area contributed by atoms with E-state index in [4.69, 9.17) is 0 Å². The first-order valence-electron chi connectivity index (χ1n) is 11.2. The zero-order valence-electron chi connectivity index (χ0n) is 19.7. The first-order chi connectivity index (χ1) is 16.3. The maximum atomic E-state index is 12.3. The van der Waals surface area contributed by atoms with Crippen LogP contribution < -0.4 is 15.2 Å². The van der Waals surface area contributed by atoms with Crippen LogP contribution in [-0.2, 0) is 16.1 Å². The fraction of sp³-hybridized carbons (Fsp3) is 0.138. The number of anilines is 2. The Balaban J connectivity index is 2.03. The third-order valence-corrected chi connectivity index (χ3v) is 5.78. The topological polar surface area (TPSA) is 62.1 Å². The summed E-state index contributed by atoms with van der Waals surface area (Å²) in [5, 5.41) is 9.01. The van der Waals surface area contributed by atoms with E-state index in [1.54, 1.807) is 13.8 Å². The molecule has 4 rings (SSSR count). The van der Waals surface area contributed by atoms with Gasteiger partial charge in [-0.2, -0.15) is 4.57 Å². The molecule has 1 aromatic heterocycles. The number of hydrogen-bond donors (Lipinski definition) is 2. The molecule has 0 saturated heterocycles. The standard InChI is InChI=1S/C29H27N3O2/c1-6-32-26-17-22(31-29(34)19(4)5)13-15-24(26)23-14-12-21(30-28(33)18(2)3)16-25(23)27(32)20-10-8-7-9-11-20/h7-17H,2,4,6H2,1,3,5H3,(H,30,33)/p+1. The van der Waals surface area contributed by atoms with Gasteiger partial charge in [0.2, 0.25) is 11.2 Å². The Hall–Kier alpha value is -4.25. The van der Waals surface area contributed by atoms with Crippen LogP contribution in [0.4, 0.5) is 11.4 Å². The van der Waals surface area contributed by atoms with Gasteiger partial charge in [-0.3, -0.25) is 9.59 Å². The minimum atomic E-state index is -0.206. The van der Waals surface area contributed by atoms with Crippen molar-refractivity contribution >= 4 is 44.9 Å². The maximum Gasteiger partial charge on any atom is 0.250 e. The Morgan fingerprint density at radius 3 is 1.88 bits per heavy atom. The minimum absolute atomic E-state index is 0.204. The molecular weight excluding hydrogens is 422 g/mol. The molecule has 4 aromatic rings. The highest BCUT2D eigenvalue weighted by Crippen LogP contribution is 2.34. The zero-order valence-corrected chi connectivity index (χ0v) is 19.7. The maximum absolute atomic E-state index is 12.3. The molecule has 0 aliphatic carbocycles. The van der Waals surface area contributed by atoms with E-state index in [0.717, 1.165) is 39.5 Å². The average molecular weight is 451 g/mol. The number of amides is 2. The van der Waals surface area contributed by atoms with Crippen molar-refractivity contribution < 1.29 is 14.2 Å². The van der Waals surface area contributed by atoms with E-state index in [-0.39, 0.29) is 11.8 Å². The zero-order chi connectivity index (χ0) is 24.4. The number of aromatic nitrogens is 1. The summed E-state index contributed by atoms with van der Waals surface area (Å²) in [6.07, 6.45) is 0. The average Bonchev–Trinajstić information content (AvgIpc) is 2.83. The Morgan fingerprint density at radius 2 is 1.32 bits per heavy atom. The molecule has 0 aliphatic rings. The number of hydrogen-bond acceptors (Lipinski definition) is 2. The summed E-state index contributed by atoms with van der Waals surface area (Å²) < 4.78 is 2.24. The molecule has 0 unspecified atom stereocenters. The molecule has 5 heteroatoms. The van der Waals surface area contributed by atoms with Gasteiger partial charge >= 0.3 is 0 Å². The van der Waals surface area contributed by atoms with Gasteiger partial charge in [-0.25, -0.2) is 0 Å². The number of rotatable bonds is 6. The molecule has 0 bridgehead atoms. The molecule has 170 valence electrons. The number of fused-ring (bicyclic) bond motifs is 3. The smallest absolute Gasteiger partial charge is 0.250 e. The Labute approximate surface area is 199 Å². The predicted molar refractivity (Wildman–Crippen MR) is 140 cm³/mol. The molecule has 1 heterocycles. The fourth-order valence-corrected chi connectivity index (χ4v) is 4.09.